The molecular formula is C12H18N4O3. The molecule has 0 bridgehead atoms. The van der Waals surface area contributed by atoms with Crippen molar-refractivity contribution in [2.24, 2.45) is 0 Å². The molecule has 104 valence electrons. The first-order chi connectivity index (χ1) is 9.11. The van der Waals surface area contributed by atoms with Gasteiger partial charge in [-0.15, -0.1) is 0 Å². The molecule has 0 aliphatic carbocycles. The number of piperazine rings is 1. The van der Waals surface area contributed by atoms with Crippen molar-refractivity contribution < 1.29 is 10.0 Å². The molecule has 19 heavy (non-hydrogen) atoms. The van der Waals surface area contributed by atoms with Crippen LogP contribution in [0.3, 0.4) is 0 Å². The summed E-state index contributed by atoms with van der Waals surface area (Å²) in [7, 11) is 0. The predicted octanol–water partition coefficient (Wildman–Crippen LogP) is 0.413. The Hall–Kier alpha value is -1.73. The number of anilines is 1. The number of hydrogen-bond acceptors (Lipinski definition) is 6. The van der Waals surface area contributed by atoms with Crippen molar-refractivity contribution in [3.05, 3.63) is 27.9 Å². The Morgan fingerprint density at radius 1 is 1.42 bits per heavy atom. The third kappa shape index (κ3) is 3.18. The molecule has 1 aromatic rings. The van der Waals surface area contributed by atoms with Crippen LogP contribution in [0, 0.1) is 17.0 Å². The Balaban J connectivity index is 2.04. The molecule has 0 spiro atoms. The van der Waals surface area contributed by atoms with Gasteiger partial charge in [-0.3, -0.25) is 15.0 Å². The second kappa shape index (κ2) is 5.94. The SMILES string of the molecule is Cc1cc(N2CCN(CCO)CC2)ncc1[N+](=O)[O-]. The van der Waals surface area contributed by atoms with Crippen molar-refractivity contribution in [2.45, 2.75) is 6.92 Å². The maximum absolute atomic E-state index is 10.7. The number of aromatic nitrogens is 1. The van der Waals surface area contributed by atoms with Crippen LogP contribution in [0.4, 0.5) is 11.5 Å². The Bertz CT molecular complexity index is 458. The van der Waals surface area contributed by atoms with Gasteiger partial charge in [0.25, 0.3) is 5.69 Å². The second-order valence-corrected chi connectivity index (χ2v) is 4.64. The summed E-state index contributed by atoms with van der Waals surface area (Å²) < 4.78 is 0. The van der Waals surface area contributed by atoms with Crippen molar-refractivity contribution in [2.75, 3.05) is 44.2 Å². The summed E-state index contributed by atoms with van der Waals surface area (Å²) in [5.41, 5.74) is 0.690. The van der Waals surface area contributed by atoms with E-state index in [9.17, 15) is 10.1 Å². The fourth-order valence-electron chi connectivity index (χ4n) is 2.24. The van der Waals surface area contributed by atoms with Crippen LogP contribution in [0.25, 0.3) is 0 Å². The molecule has 0 atom stereocenters. The summed E-state index contributed by atoms with van der Waals surface area (Å²) in [6, 6.07) is 1.76. The molecule has 0 unspecified atom stereocenters. The molecule has 0 amide bonds. The zero-order valence-corrected chi connectivity index (χ0v) is 10.9. The lowest BCUT2D eigenvalue weighted by atomic mass is 10.2. The van der Waals surface area contributed by atoms with Gasteiger partial charge in [0.2, 0.25) is 0 Å². The molecular weight excluding hydrogens is 248 g/mol. The summed E-state index contributed by atoms with van der Waals surface area (Å²) in [5.74, 6) is 0.784. The minimum atomic E-state index is -0.411. The number of aliphatic hydroxyl groups is 1. The number of hydrogen-bond donors (Lipinski definition) is 1. The van der Waals surface area contributed by atoms with Crippen LogP contribution in [0.5, 0.6) is 0 Å². The molecule has 1 N–H and O–H groups in total. The van der Waals surface area contributed by atoms with Crippen molar-refractivity contribution in [1.82, 2.24) is 9.88 Å². The predicted molar refractivity (Wildman–Crippen MR) is 71.4 cm³/mol. The minimum absolute atomic E-state index is 0.0580. The van der Waals surface area contributed by atoms with Gasteiger partial charge in [0.15, 0.2) is 0 Å². The lowest BCUT2D eigenvalue weighted by molar-refractivity contribution is -0.385. The van der Waals surface area contributed by atoms with Crippen molar-refractivity contribution in [1.29, 1.82) is 0 Å². The van der Waals surface area contributed by atoms with Gasteiger partial charge in [-0.1, -0.05) is 0 Å². The van der Waals surface area contributed by atoms with Gasteiger partial charge < -0.3 is 10.0 Å². The molecule has 2 heterocycles. The van der Waals surface area contributed by atoms with Gasteiger partial charge in [-0.25, -0.2) is 4.98 Å². The highest BCUT2D eigenvalue weighted by Gasteiger charge is 2.19. The topological polar surface area (TPSA) is 82.7 Å². The van der Waals surface area contributed by atoms with E-state index in [0.29, 0.717) is 12.1 Å². The molecule has 2 rings (SSSR count). The Morgan fingerprint density at radius 2 is 2.11 bits per heavy atom. The summed E-state index contributed by atoms with van der Waals surface area (Å²) in [5, 5.41) is 19.6. The van der Waals surface area contributed by atoms with Gasteiger partial charge in [0.05, 0.1) is 11.5 Å². The average Bonchev–Trinajstić information content (AvgIpc) is 2.39. The summed E-state index contributed by atoms with van der Waals surface area (Å²) >= 11 is 0. The van der Waals surface area contributed by atoms with Crippen molar-refractivity contribution >= 4 is 11.5 Å². The van der Waals surface area contributed by atoms with E-state index < -0.39 is 4.92 Å². The first-order valence-corrected chi connectivity index (χ1v) is 6.31. The van der Waals surface area contributed by atoms with E-state index in [1.165, 1.54) is 6.20 Å². The van der Waals surface area contributed by atoms with Crippen LogP contribution in [-0.4, -0.2) is 59.2 Å². The summed E-state index contributed by atoms with van der Waals surface area (Å²) in [6.07, 6.45) is 1.32. The zero-order chi connectivity index (χ0) is 13.8. The van der Waals surface area contributed by atoms with Crippen molar-refractivity contribution in [3.8, 4) is 0 Å². The van der Waals surface area contributed by atoms with E-state index >= 15 is 0 Å². The molecule has 7 heteroatoms. The highest BCUT2D eigenvalue weighted by molar-refractivity contribution is 5.48. The van der Waals surface area contributed by atoms with Crippen LogP contribution in [0.1, 0.15) is 5.56 Å². The minimum Gasteiger partial charge on any atom is -0.395 e. The number of nitrogens with zero attached hydrogens (tertiary/aromatic N) is 4. The third-order valence-corrected chi connectivity index (χ3v) is 3.38. The monoisotopic (exact) mass is 266 g/mol. The van der Waals surface area contributed by atoms with E-state index in [1.807, 2.05) is 0 Å². The van der Waals surface area contributed by atoms with E-state index in [2.05, 4.69) is 14.8 Å². The largest absolute Gasteiger partial charge is 0.395 e. The third-order valence-electron chi connectivity index (χ3n) is 3.38. The van der Waals surface area contributed by atoms with Crippen LogP contribution in [0.2, 0.25) is 0 Å². The van der Waals surface area contributed by atoms with E-state index in [-0.39, 0.29) is 12.3 Å². The lowest BCUT2D eigenvalue weighted by Crippen LogP contribution is -2.47. The second-order valence-electron chi connectivity index (χ2n) is 4.64. The van der Waals surface area contributed by atoms with Gasteiger partial charge in [0.1, 0.15) is 12.0 Å². The van der Waals surface area contributed by atoms with Gasteiger partial charge >= 0.3 is 0 Å². The number of pyridine rings is 1. The van der Waals surface area contributed by atoms with Crippen LogP contribution in [-0.2, 0) is 0 Å². The Labute approximate surface area is 111 Å². The highest BCUT2D eigenvalue weighted by atomic mass is 16.6. The maximum atomic E-state index is 10.7. The standard InChI is InChI=1S/C12H18N4O3/c1-10-8-12(13-9-11(10)16(18)19)15-4-2-14(3-5-15)6-7-17/h8-9,17H,2-7H2,1H3. The number of nitro groups is 1. The van der Waals surface area contributed by atoms with Crippen molar-refractivity contribution in [3.63, 3.8) is 0 Å². The van der Waals surface area contributed by atoms with Crippen LogP contribution in [0.15, 0.2) is 12.3 Å². The lowest BCUT2D eigenvalue weighted by Gasteiger charge is -2.35. The molecule has 0 saturated carbocycles. The molecule has 0 aromatic carbocycles. The number of aliphatic hydroxyl groups excluding tert-OH is 1. The fraction of sp³-hybridized carbons (Fsp3) is 0.583. The van der Waals surface area contributed by atoms with Gasteiger partial charge in [-0.2, -0.15) is 0 Å². The van der Waals surface area contributed by atoms with Crippen LogP contribution < -0.4 is 4.90 Å². The highest BCUT2D eigenvalue weighted by Crippen LogP contribution is 2.22. The van der Waals surface area contributed by atoms with E-state index in [4.69, 9.17) is 5.11 Å². The summed E-state index contributed by atoms with van der Waals surface area (Å²) in [4.78, 5) is 18.8. The number of rotatable bonds is 4. The normalized spacial score (nSPS) is 16.6. The smallest absolute Gasteiger partial charge is 0.290 e. The number of β-amino-alcohol motifs (C(OH)–C–C–N with tert-alkyl or cyclic N) is 1. The summed E-state index contributed by atoms with van der Waals surface area (Å²) in [6.45, 7) is 5.99. The molecule has 1 fully saturated rings. The average molecular weight is 266 g/mol. The first-order valence-electron chi connectivity index (χ1n) is 6.31. The molecule has 7 nitrogen and oxygen atoms in total. The quantitative estimate of drug-likeness (QED) is 0.628. The molecule has 1 aromatic heterocycles. The Kier molecular flexibility index (Phi) is 4.28. The maximum Gasteiger partial charge on any atom is 0.290 e. The number of aryl methyl sites for hydroxylation is 1. The fourth-order valence-corrected chi connectivity index (χ4v) is 2.24. The van der Waals surface area contributed by atoms with E-state index in [1.54, 1.807) is 13.0 Å². The molecule has 1 aliphatic rings. The Morgan fingerprint density at radius 3 is 2.63 bits per heavy atom. The molecule has 1 saturated heterocycles. The zero-order valence-electron chi connectivity index (χ0n) is 10.9. The van der Waals surface area contributed by atoms with Crippen LogP contribution >= 0.6 is 0 Å². The van der Waals surface area contributed by atoms with Gasteiger partial charge in [0, 0.05) is 38.3 Å². The van der Waals surface area contributed by atoms with E-state index in [0.717, 1.165) is 32.0 Å². The molecule has 0 radical (unpaired) electrons. The first kappa shape index (κ1) is 13.7. The van der Waals surface area contributed by atoms with Gasteiger partial charge in [-0.05, 0) is 13.0 Å². The molecule has 1 aliphatic heterocycles.